The topological polar surface area (TPSA) is 388 Å². The molecule has 1 aliphatic heterocycles. The lowest BCUT2D eigenvalue weighted by molar-refractivity contribution is -0.143. The van der Waals surface area contributed by atoms with Gasteiger partial charge in [0, 0.05) is 19.4 Å². The van der Waals surface area contributed by atoms with Gasteiger partial charge in [0.05, 0.1) is 19.5 Å². The number of carbonyl (C=O) groups is 11. The van der Waals surface area contributed by atoms with Crippen molar-refractivity contribution in [2.45, 2.75) is 141 Å². The first-order valence-electron chi connectivity index (χ1n) is 23.0. The summed E-state index contributed by atoms with van der Waals surface area (Å²) < 4.78 is 0. The first-order chi connectivity index (χ1) is 32.6. The van der Waals surface area contributed by atoms with Gasteiger partial charge in [0.1, 0.15) is 42.3 Å². The average molecular weight is 975 g/mol. The lowest BCUT2D eigenvalue weighted by Crippen LogP contribution is -2.59. The van der Waals surface area contributed by atoms with E-state index in [2.05, 4.69) is 37.2 Å². The number of carboxylic acid groups (broad SMARTS) is 3. The smallest absolute Gasteiger partial charge is 0.326 e. The molecular formula is C45H70N10O14. The van der Waals surface area contributed by atoms with Crippen LogP contribution in [0.4, 0.5) is 0 Å². The van der Waals surface area contributed by atoms with Gasteiger partial charge in [0.15, 0.2) is 0 Å². The molecule has 384 valence electrons. The van der Waals surface area contributed by atoms with Crippen LogP contribution in [0, 0.1) is 11.8 Å². The van der Waals surface area contributed by atoms with Gasteiger partial charge in [-0.15, -0.1) is 0 Å². The first kappa shape index (κ1) is 58.4. The Morgan fingerprint density at radius 2 is 1.19 bits per heavy atom. The fraction of sp³-hybridized carbons (Fsp3) is 0.622. The Hall–Kier alpha value is -6.69. The number of unbranched alkanes of at least 4 members (excludes halogenated alkanes) is 1. The molecule has 0 saturated carbocycles. The Kier molecular flexibility index (Phi) is 25.4. The van der Waals surface area contributed by atoms with Crippen molar-refractivity contribution in [2.75, 3.05) is 26.2 Å². The maximum absolute atomic E-state index is 14.0. The lowest BCUT2D eigenvalue weighted by atomic mass is 10.0. The summed E-state index contributed by atoms with van der Waals surface area (Å²) in [5, 5.41) is 45.9. The van der Waals surface area contributed by atoms with Gasteiger partial charge in [-0.25, -0.2) is 4.79 Å². The van der Waals surface area contributed by atoms with Gasteiger partial charge in [0.25, 0.3) is 0 Å². The number of aliphatic carboxylic acids is 3. The van der Waals surface area contributed by atoms with Crippen LogP contribution in [0.1, 0.15) is 97.5 Å². The molecule has 8 amide bonds. The van der Waals surface area contributed by atoms with Gasteiger partial charge in [-0.05, 0) is 75.3 Å². The maximum Gasteiger partial charge on any atom is 0.326 e. The minimum atomic E-state index is -1.83. The predicted molar refractivity (Wildman–Crippen MR) is 247 cm³/mol. The zero-order valence-electron chi connectivity index (χ0n) is 39.6. The molecule has 69 heavy (non-hydrogen) atoms. The molecule has 1 heterocycles. The van der Waals surface area contributed by atoms with Gasteiger partial charge >= 0.3 is 17.9 Å². The number of benzene rings is 1. The number of nitrogens with two attached hydrogens (primary N) is 2. The van der Waals surface area contributed by atoms with E-state index in [1.165, 1.54) is 0 Å². The Morgan fingerprint density at radius 1 is 0.638 bits per heavy atom. The van der Waals surface area contributed by atoms with Crippen LogP contribution in [0.15, 0.2) is 30.3 Å². The van der Waals surface area contributed by atoms with Crippen LogP contribution >= 0.6 is 0 Å². The molecule has 1 aliphatic rings. The van der Waals surface area contributed by atoms with Crippen LogP contribution in [0.2, 0.25) is 0 Å². The molecule has 24 heteroatoms. The van der Waals surface area contributed by atoms with Crippen molar-refractivity contribution in [3.63, 3.8) is 0 Å². The van der Waals surface area contributed by atoms with Crippen LogP contribution in [0.25, 0.3) is 0 Å². The summed E-state index contributed by atoms with van der Waals surface area (Å²) in [6, 6.07) is -0.773. The molecule has 7 atom stereocenters. The van der Waals surface area contributed by atoms with E-state index in [0.717, 1.165) is 4.90 Å². The Morgan fingerprint density at radius 3 is 1.75 bits per heavy atom. The van der Waals surface area contributed by atoms with Crippen LogP contribution in [-0.4, -0.2) is 154 Å². The molecule has 0 aromatic heterocycles. The van der Waals surface area contributed by atoms with Crippen molar-refractivity contribution in [3.05, 3.63) is 35.9 Å². The van der Waals surface area contributed by atoms with Crippen LogP contribution in [0.5, 0.6) is 0 Å². The molecule has 0 spiro atoms. The summed E-state index contributed by atoms with van der Waals surface area (Å²) in [5.41, 5.74) is 11.7. The van der Waals surface area contributed by atoms with Crippen molar-refractivity contribution >= 4 is 65.2 Å². The fourth-order valence-electron chi connectivity index (χ4n) is 7.47. The van der Waals surface area contributed by atoms with Crippen LogP contribution < -0.4 is 48.7 Å². The number of hydrogen-bond donors (Lipinski definition) is 12. The quantitative estimate of drug-likeness (QED) is 0.0353. The third-order valence-electron chi connectivity index (χ3n) is 10.9. The summed E-state index contributed by atoms with van der Waals surface area (Å²) in [4.78, 5) is 144. The zero-order chi connectivity index (χ0) is 51.8. The van der Waals surface area contributed by atoms with Gasteiger partial charge < -0.3 is 68.9 Å². The molecule has 14 N–H and O–H groups in total. The zero-order valence-corrected chi connectivity index (χ0v) is 39.6. The second-order valence-electron chi connectivity index (χ2n) is 17.7. The number of carbonyl (C=O) groups excluding carboxylic acids is 8. The highest BCUT2D eigenvalue weighted by molar-refractivity contribution is 5.98. The van der Waals surface area contributed by atoms with E-state index in [4.69, 9.17) is 11.5 Å². The normalized spacial score (nSPS) is 15.9. The summed E-state index contributed by atoms with van der Waals surface area (Å²) in [7, 11) is 0. The fourth-order valence-corrected chi connectivity index (χ4v) is 7.47. The molecule has 0 bridgehead atoms. The molecule has 0 radical (unpaired) electrons. The predicted octanol–water partition coefficient (Wildman–Crippen LogP) is -2.15. The highest BCUT2D eigenvalue weighted by Gasteiger charge is 2.38. The minimum absolute atomic E-state index is 0.0131. The maximum atomic E-state index is 14.0. The van der Waals surface area contributed by atoms with Crippen molar-refractivity contribution in [1.82, 2.24) is 42.1 Å². The van der Waals surface area contributed by atoms with Gasteiger partial charge in [0.2, 0.25) is 47.3 Å². The highest BCUT2D eigenvalue weighted by Crippen LogP contribution is 2.19. The second-order valence-corrected chi connectivity index (χ2v) is 17.7. The van der Waals surface area contributed by atoms with E-state index in [-0.39, 0.29) is 57.0 Å². The van der Waals surface area contributed by atoms with Gasteiger partial charge in [-0.2, -0.15) is 0 Å². The molecule has 24 nitrogen and oxygen atoms in total. The number of rotatable bonds is 31. The SMILES string of the molecule is CC(C)C[C@H](NC(=O)[C@H](Cc1ccccc1)NC(=O)[C@H](CCCCN)NC(=O)[C@@H]1CCCN1C(=O)CNC(=O)[C@H](CC(=O)O)NC(=O)[C@H](CCC(=O)O)NC(=O)[C@H](CC(C)C)NC(=O)CN)C(=O)O. The van der Waals surface area contributed by atoms with Gasteiger partial charge in [-0.1, -0.05) is 58.0 Å². The van der Waals surface area contributed by atoms with E-state index >= 15 is 0 Å². The average Bonchev–Trinajstić information content (AvgIpc) is 3.78. The van der Waals surface area contributed by atoms with E-state index in [1.807, 2.05) is 0 Å². The first-order valence-corrected chi connectivity index (χ1v) is 23.0. The highest BCUT2D eigenvalue weighted by atomic mass is 16.4. The number of amides is 8. The van der Waals surface area contributed by atoms with Crippen molar-refractivity contribution in [2.24, 2.45) is 23.3 Å². The Bertz CT molecular complexity index is 1950. The molecule has 0 unspecified atom stereocenters. The summed E-state index contributed by atoms with van der Waals surface area (Å²) >= 11 is 0. The molecule has 1 aromatic rings. The molecule has 2 rings (SSSR count). The largest absolute Gasteiger partial charge is 0.481 e. The van der Waals surface area contributed by atoms with Gasteiger partial charge in [-0.3, -0.25) is 47.9 Å². The third kappa shape index (κ3) is 21.4. The standard InChI is InChI=1S/C45H70N10O14/c1-25(2)19-30(49-35(56)23-47)42(65)50-29(15-16-37(58)59)41(64)53-32(22-38(60)61)39(62)48-24-36(57)55-18-10-14-34(55)44(67)51-28(13-8-9-17-46)40(63)52-31(21-27-11-6-5-7-12-27)43(66)54-33(45(68)69)20-26(3)4/h5-7,11-12,25-26,28-34H,8-10,13-24,46-47H2,1-4H3,(H,48,62)(H,49,56)(H,50,65)(H,51,67)(H,52,63)(H,53,64)(H,54,66)(H,58,59)(H,60,61)(H,68,69)/t28-,29-,30-,31-,32-,33-,34-/m0/s1. The van der Waals surface area contributed by atoms with Crippen LogP contribution in [0.3, 0.4) is 0 Å². The number of likely N-dealkylation sites (tertiary alicyclic amines) is 1. The molecule has 1 saturated heterocycles. The second kappa shape index (κ2) is 29.9. The third-order valence-corrected chi connectivity index (χ3v) is 10.9. The van der Waals surface area contributed by atoms with Crippen molar-refractivity contribution in [3.8, 4) is 0 Å². The summed E-state index contributed by atoms with van der Waals surface area (Å²) in [6.45, 7) is 6.23. The minimum Gasteiger partial charge on any atom is -0.481 e. The van der Waals surface area contributed by atoms with E-state index in [0.29, 0.717) is 24.8 Å². The van der Waals surface area contributed by atoms with E-state index in [1.54, 1.807) is 58.0 Å². The Balaban J connectivity index is 2.25. The lowest BCUT2D eigenvalue weighted by Gasteiger charge is -2.28. The molecule has 0 aliphatic carbocycles. The van der Waals surface area contributed by atoms with E-state index < -0.39 is 140 Å². The summed E-state index contributed by atoms with van der Waals surface area (Å²) in [6.07, 6.45) is -0.455. The van der Waals surface area contributed by atoms with Crippen LogP contribution in [-0.2, 0) is 59.2 Å². The molecule has 1 fully saturated rings. The number of nitrogens with zero attached hydrogens (tertiary/aromatic N) is 1. The van der Waals surface area contributed by atoms with Crippen molar-refractivity contribution in [1.29, 1.82) is 0 Å². The Labute approximate surface area is 400 Å². The number of carboxylic acids is 3. The monoisotopic (exact) mass is 975 g/mol. The number of nitrogens with one attached hydrogen (secondary N) is 7. The molecular weight excluding hydrogens is 905 g/mol. The number of hydrogen-bond acceptors (Lipinski definition) is 13. The summed E-state index contributed by atoms with van der Waals surface area (Å²) in [5.74, 6) is -11.2. The van der Waals surface area contributed by atoms with E-state index in [9.17, 15) is 68.1 Å². The molecule has 1 aromatic carbocycles. The van der Waals surface area contributed by atoms with Crippen molar-refractivity contribution < 1.29 is 68.1 Å².